The van der Waals surface area contributed by atoms with Crippen LogP contribution in [0.3, 0.4) is 0 Å². The topological polar surface area (TPSA) is 83.1 Å². The first kappa shape index (κ1) is 17.5. The van der Waals surface area contributed by atoms with Crippen LogP contribution in [0.25, 0.3) is 55.6 Å². The number of nitrogens with one attached hydrogen (secondary N) is 2. The van der Waals surface area contributed by atoms with E-state index in [4.69, 9.17) is 0 Å². The van der Waals surface area contributed by atoms with Gasteiger partial charge in [-0.3, -0.25) is 15.1 Å². The molecule has 0 saturated heterocycles. The normalized spacial score (nSPS) is 11.4. The van der Waals surface area contributed by atoms with Crippen LogP contribution in [0.5, 0.6) is 0 Å². The number of halogens is 1. The van der Waals surface area contributed by atoms with E-state index < -0.39 is 0 Å². The Kier molecular flexibility index (Phi) is 3.86. The lowest BCUT2D eigenvalue weighted by Crippen LogP contribution is -1.83. The zero-order valence-electron chi connectivity index (χ0n) is 16.2. The molecular formula is C24H15FN6. The number of aromatic nitrogens is 6. The average Bonchev–Trinajstić information content (AvgIpc) is 3.43. The lowest BCUT2D eigenvalue weighted by Gasteiger charge is -2.02. The molecule has 6 aromatic rings. The Bertz CT molecular complexity index is 1550. The largest absolute Gasteiger partial charge is 0.352 e. The highest BCUT2D eigenvalue weighted by Gasteiger charge is 2.15. The highest BCUT2D eigenvalue weighted by molar-refractivity contribution is 6.00. The van der Waals surface area contributed by atoms with E-state index in [1.165, 1.54) is 12.1 Å². The van der Waals surface area contributed by atoms with E-state index in [9.17, 15) is 4.39 Å². The molecule has 6 nitrogen and oxygen atoms in total. The van der Waals surface area contributed by atoms with Gasteiger partial charge in [-0.15, -0.1) is 0 Å². The van der Waals surface area contributed by atoms with Crippen LogP contribution in [0.4, 0.5) is 4.39 Å². The van der Waals surface area contributed by atoms with Crippen molar-refractivity contribution in [3.05, 3.63) is 85.3 Å². The van der Waals surface area contributed by atoms with Crippen molar-refractivity contribution in [3.63, 3.8) is 0 Å². The number of fused-ring (bicyclic) bond motifs is 2. The van der Waals surface area contributed by atoms with Crippen LogP contribution in [0, 0.1) is 5.82 Å². The third-order valence-electron chi connectivity index (χ3n) is 5.37. The molecule has 2 N–H and O–H groups in total. The maximum Gasteiger partial charge on any atom is 0.181 e. The van der Waals surface area contributed by atoms with Crippen LogP contribution >= 0.6 is 0 Å². The van der Waals surface area contributed by atoms with Gasteiger partial charge in [0.05, 0.1) is 23.1 Å². The molecule has 0 aliphatic carbocycles. The molecule has 0 bridgehead atoms. The van der Waals surface area contributed by atoms with Crippen molar-refractivity contribution >= 4 is 21.9 Å². The Labute approximate surface area is 175 Å². The lowest BCUT2D eigenvalue weighted by molar-refractivity contribution is 0.628. The molecule has 1 aromatic carbocycles. The molecule has 0 saturated carbocycles. The minimum Gasteiger partial charge on any atom is -0.352 e. The fraction of sp³-hybridized carbons (Fsp3) is 0. The average molecular weight is 406 g/mol. The second kappa shape index (κ2) is 6.84. The fourth-order valence-electron chi connectivity index (χ4n) is 3.88. The van der Waals surface area contributed by atoms with E-state index in [-0.39, 0.29) is 5.82 Å². The molecule has 31 heavy (non-hydrogen) atoms. The monoisotopic (exact) mass is 406 g/mol. The van der Waals surface area contributed by atoms with Gasteiger partial charge < -0.3 is 4.98 Å². The summed E-state index contributed by atoms with van der Waals surface area (Å²) in [6.07, 6.45) is 8.84. The summed E-state index contributed by atoms with van der Waals surface area (Å²) in [7, 11) is 0. The number of pyridine rings is 3. The van der Waals surface area contributed by atoms with Gasteiger partial charge in [0.15, 0.2) is 5.65 Å². The van der Waals surface area contributed by atoms with Gasteiger partial charge in [-0.25, -0.2) is 9.37 Å². The Balaban J connectivity index is 1.52. The Hall–Kier alpha value is -4.39. The van der Waals surface area contributed by atoms with E-state index in [2.05, 4.69) is 36.2 Å². The van der Waals surface area contributed by atoms with Gasteiger partial charge in [0, 0.05) is 46.7 Å². The second-order valence-electron chi connectivity index (χ2n) is 7.27. The summed E-state index contributed by atoms with van der Waals surface area (Å²) < 4.78 is 13.8. The first-order chi connectivity index (χ1) is 15.3. The van der Waals surface area contributed by atoms with Gasteiger partial charge in [-0.2, -0.15) is 5.10 Å². The Morgan fingerprint density at radius 3 is 2.55 bits per heavy atom. The van der Waals surface area contributed by atoms with E-state index in [0.717, 1.165) is 49.9 Å². The second-order valence-corrected chi connectivity index (χ2v) is 7.27. The van der Waals surface area contributed by atoms with E-state index in [1.807, 2.05) is 24.3 Å². The van der Waals surface area contributed by atoms with Gasteiger partial charge >= 0.3 is 0 Å². The molecular weight excluding hydrogens is 391 g/mol. The molecule has 148 valence electrons. The maximum absolute atomic E-state index is 13.8. The predicted molar refractivity (Wildman–Crippen MR) is 118 cm³/mol. The van der Waals surface area contributed by atoms with Crippen molar-refractivity contribution in [2.45, 2.75) is 0 Å². The molecule has 0 amide bonds. The van der Waals surface area contributed by atoms with E-state index in [0.29, 0.717) is 5.65 Å². The van der Waals surface area contributed by atoms with Gasteiger partial charge in [0.2, 0.25) is 0 Å². The molecule has 0 unspecified atom stereocenters. The third kappa shape index (κ3) is 2.95. The number of hydrogen-bond acceptors (Lipinski definition) is 4. The first-order valence-electron chi connectivity index (χ1n) is 9.74. The van der Waals surface area contributed by atoms with Crippen molar-refractivity contribution in [3.8, 4) is 33.6 Å². The smallest absolute Gasteiger partial charge is 0.181 e. The zero-order chi connectivity index (χ0) is 20.8. The quantitative estimate of drug-likeness (QED) is 0.414. The van der Waals surface area contributed by atoms with Crippen LogP contribution in [0.2, 0.25) is 0 Å². The first-order valence-corrected chi connectivity index (χ1v) is 9.74. The number of H-pyrrole nitrogens is 2. The van der Waals surface area contributed by atoms with Crippen LogP contribution in [-0.2, 0) is 0 Å². The number of nitrogens with zero attached hydrogens (tertiary/aromatic N) is 4. The molecule has 6 rings (SSSR count). The van der Waals surface area contributed by atoms with Gasteiger partial charge in [0.1, 0.15) is 5.82 Å². The summed E-state index contributed by atoms with van der Waals surface area (Å²) in [4.78, 5) is 16.3. The van der Waals surface area contributed by atoms with E-state index in [1.54, 1.807) is 37.1 Å². The summed E-state index contributed by atoms with van der Waals surface area (Å²) in [5.41, 5.74) is 6.84. The SMILES string of the molecule is Fc1cccc(-c2cncc3[nH]c(-c4[nH]nc5ncc(-c6ccncc6)cc45)cc23)c1. The van der Waals surface area contributed by atoms with Crippen molar-refractivity contribution in [2.75, 3.05) is 0 Å². The zero-order valence-corrected chi connectivity index (χ0v) is 16.2. The maximum atomic E-state index is 13.8. The minimum atomic E-state index is -0.278. The van der Waals surface area contributed by atoms with Crippen molar-refractivity contribution in [1.82, 2.24) is 30.1 Å². The Morgan fingerprint density at radius 1 is 0.774 bits per heavy atom. The number of hydrogen-bond donors (Lipinski definition) is 2. The Morgan fingerprint density at radius 2 is 1.68 bits per heavy atom. The van der Waals surface area contributed by atoms with Crippen LogP contribution in [0.15, 0.2) is 79.5 Å². The van der Waals surface area contributed by atoms with Crippen molar-refractivity contribution < 1.29 is 4.39 Å². The number of rotatable bonds is 3. The van der Waals surface area contributed by atoms with Gasteiger partial charge in [-0.1, -0.05) is 12.1 Å². The predicted octanol–water partition coefficient (Wildman–Crippen LogP) is 5.37. The fourth-order valence-corrected chi connectivity index (χ4v) is 3.88. The molecule has 0 spiro atoms. The van der Waals surface area contributed by atoms with Crippen molar-refractivity contribution in [1.29, 1.82) is 0 Å². The summed E-state index contributed by atoms with van der Waals surface area (Å²) >= 11 is 0. The highest BCUT2D eigenvalue weighted by atomic mass is 19.1. The number of aromatic amines is 2. The summed E-state index contributed by atoms with van der Waals surface area (Å²) in [5, 5.41) is 9.32. The molecule has 0 fully saturated rings. The summed E-state index contributed by atoms with van der Waals surface area (Å²) in [5.74, 6) is -0.278. The van der Waals surface area contributed by atoms with Crippen LogP contribution < -0.4 is 0 Å². The molecule has 7 heteroatoms. The third-order valence-corrected chi connectivity index (χ3v) is 5.37. The van der Waals surface area contributed by atoms with Crippen LogP contribution in [0.1, 0.15) is 0 Å². The summed E-state index contributed by atoms with van der Waals surface area (Å²) in [6.45, 7) is 0. The molecule has 0 radical (unpaired) electrons. The van der Waals surface area contributed by atoms with E-state index >= 15 is 0 Å². The van der Waals surface area contributed by atoms with Gasteiger partial charge in [-0.05, 0) is 47.5 Å². The number of benzene rings is 1. The molecule has 0 aliphatic heterocycles. The standard InChI is InChI=1S/C24H15FN6/c25-17-3-1-2-15(8-17)20-12-27-13-22-18(20)10-21(29-22)23-19-9-16(11-28-24(19)31-30-23)14-4-6-26-7-5-14/h1-13,29H,(H,28,30,31). The minimum absolute atomic E-state index is 0.278. The summed E-state index contributed by atoms with van der Waals surface area (Å²) in [6, 6.07) is 14.5. The molecule has 5 aromatic heterocycles. The lowest BCUT2D eigenvalue weighted by atomic mass is 10.0. The molecule has 0 aliphatic rings. The molecule has 5 heterocycles. The molecule has 0 atom stereocenters. The van der Waals surface area contributed by atoms with Crippen LogP contribution in [-0.4, -0.2) is 30.1 Å². The highest BCUT2D eigenvalue weighted by Crippen LogP contribution is 2.34. The van der Waals surface area contributed by atoms with Crippen molar-refractivity contribution in [2.24, 2.45) is 0 Å². The van der Waals surface area contributed by atoms with Gasteiger partial charge in [0.25, 0.3) is 0 Å².